The minimum absolute atomic E-state index is 0.0131. The quantitative estimate of drug-likeness (QED) is 0.755. The third kappa shape index (κ3) is 3.42. The molecule has 3 aromatic rings. The van der Waals surface area contributed by atoms with Crippen LogP contribution in [-0.2, 0) is 11.2 Å². The van der Waals surface area contributed by atoms with Crippen molar-refractivity contribution < 1.29 is 14.3 Å². The zero-order valence-electron chi connectivity index (χ0n) is 14.2. The second-order valence-electron chi connectivity index (χ2n) is 6.66. The lowest BCUT2D eigenvalue weighted by Crippen LogP contribution is -2.39. The number of phenolic OH excluding ortho intramolecular Hbond substituents is 1. The standard InChI is InChI=1S/C20H19FN2O2S/c21-15-10-13(7-8-17(15)24)11-19(25)23-9-3-4-14(12-23)20-22-16-5-1-2-6-18(16)26-20/h1-2,5-8,10,14,24H,3-4,9,11-12H2. The molecule has 1 unspecified atom stereocenters. The summed E-state index contributed by atoms with van der Waals surface area (Å²) < 4.78 is 14.6. The number of amides is 1. The van der Waals surface area contributed by atoms with Gasteiger partial charge in [0.05, 0.1) is 21.6 Å². The molecule has 1 aliphatic rings. The highest BCUT2D eigenvalue weighted by molar-refractivity contribution is 7.18. The minimum Gasteiger partial charge on any atom is -0.505 e. The average Bonchev–Trinajstić information content (AvgIpc) is 3.09. The normalized spacial score (nSPS) is 17.6. The highest BCUT2D eigenvalue weighted by Gasteiger charge is 2.27. The Morgan fingerprint density at radius 3 is 2.96 bits per heavy atom. The molecule has 0 bridgehead atoms. The molecule has 4 nitrogen and oxygen atoms in total. The van der Waals surface area contributed by atoms with Gasteiger partial charge in [0.15, 0.2) is 11.6 Å². The van der Waals surface area contributed by atoms with Crippen LogP contribution in [0, 0.1) is 5.82 Å². The molecule has 2 aromatic carbocycles. The number of phenols is 1. The number of nitrogens with zero attached hydrogens (tertiary/aromatic N) is 2. The van der Waals surface area contributed by atoms with E-state index in [1.165, 1.54) is 16.8 Å². The third-order valence-corrected chi connectivity index (χ3v) is 6.00. The summed E-state index contributed by atoms with van der Waals surface area (Å²) in [5.74, 6) is -0.848. The van der Waals surface area contributed by atoms with Gasteiger partial charge < -0.3 is 10.0 Å². The van der Waals surface area contributed by atoms with Crippen molar-refractivity contribution in [1.82, 2.24) is 9.88 Å². The van der Waals surface area contributed by atoms with E-state index in [1.807, 2.05) is 23.1 Å². The van der Waals surface area contributed by atoms with E-state index >= 15 is 0 Å². The first-order valence-corrected chi connectivity index (χ1v) is 9.52. The smallest absolute Gasteiger partial charge is 0.227 e. The molecule has 0 spiro atoms. The van der Waals surface area contributed by atoms with Crippen LogP contribution in [0.2, 0.25) is 0 Å². The number of aromatic hydroxyl groups is 1. The summed E-state index contributed by atoms with van der Waals surface area (Å²) in [7, 11) is 0. The van der Waals surface area contributed by atoms with E-state index in [2.05, 4.69) is 6.07 Å². The summed E-state index contributed by atoms with van der Waals surface area (Å²) in [6, 6.07) is 12.2. The fourth-order valence-corrected chi connectivity index (χ4v) is 4.51. The Hall–Kier alpha value is -2.47. The minimum atomic E-state index is -0.693. The van der Waals surface area contributed by atoms with Crippen LogP contribution in [0.1, 0.15) is 29.3 Å². The van der Waals surface area contributed by atoms with Crippen molar-refractivity contribution in [3.63, 3.8) is 0 Å². The Balaban J connectivity index is 1.47. The maximum atomic E-state index is 13.5. The largest absolute Gasteiger partial charge is 0.505 e. The first kappa shape index (κ1) is 17.0. The van der Waals surface area contributed by atoms with Crippen molar-refractivity contribution >= 4 is 27.5 Å². The number of fused-ring (bicyclic) bond motifs is 1. The van der Waals surface area contributed by atoms with Crippen LogP contribution in [0.25, 0.3) is 10.2 Å². The van der Waals surface area contributed by atoms with E-state index in [9.17, 15) is 14.3 Å². The van der Waals surface area contributed by atoms with Gasteiger partial charge in [-0.25, -0.2) is 9.37 Å². The van der Waals surface area contributed by atoms with Crippen molar-refractivity contribution in [3.05, 3.63) is 58.9 Å². The first-order chi connectivity index (χ1) is 12.6. The number of aromatic nitrogens is 1. The summed E-state index contributed by atoms with van der Waals surface area (Å²) in [6.45, 7) is 1.38. The predicted molar refractivity (Wildman–Crippen MR) is 99.9 cm³/mol. The van der Waals surface area contributed by atoms with Crippen LogP contribution in [0.4, 0.5) is 4.39 Å². The number of piperidine rings is 1. The van der Waals surface area contributed by atoms with E-state index in [1.54, 1.807) is 17.4 Å². The fraction of sp³-hybridized carbons (Fsp3) is 0.300. The molecule has 1 fully saturated rings. The second-order valence-corrected chi connectivity index (χ2v) is 7.72. The number of thiazole rings is 1. The highest BCUT2D eigenvalue weighted by atomic mass is 32.1. The lowest BCUT2D eigenvalue weighted by Gasteiger charge is -2.32. The third-order valence-electron chi connectivity index (χ3n) is 4.80. The van der Waals surface area contributed by atoms with Crippen molar-refractivity contribution in [2.24, 2.45) is 0 Å². The Kier molecular flexibility index (Phi) is 4.59. The number of hydrogen-bond donors (Lipinski definition) is 1. The van der Waals surface area contributed by atoms with Gasteiger partial charge in [-0.05, 0) is 42.7 Å². The maximum Gasteiger partial charge on any atom is 0.227 e. The molecule has 1 atom stereocenters. The highest BCUT2D eigenvalue weighted by Crippen LogP contribution is 2.33. The van der Waals surface area contributed by atoms with Gasteiger partial charge in [0.2, 0.25) is 5.91 Å². The van der Waals surface area contributed by atoms with Gasteiger partial charge in [0.25, 0.3) is 0 Å². The molecule has 0 aliphatic carbocycles. The lowest BCUT2D eigenvalue weighted by atomic mass is 9.98. The fourth-order valence-electron chi connectivity index (χ4n) is 3.42. The summed E-state index contributed by atoms with van der Waals surface area (Å²) in [4.78, 5) is 19.2. The Labute approximate surface area is 154 Å². The molecule has 0 saturated carbocycles. The molecule has 134 valence electrons. The second kappa shape index (κ2) is 7.03. The predicted octanol–water partition coefficient (Wildman–Crippen LogP) is 4.09. The molecule has 4 rings (SSSR count). The van der Waals surface area contributed by atoms with Gasteiger partial charge in [-0.15, -0.1) is 11.3 Å². The monoisotopic (exact) mass is 370 g/mol. The molecular weight excluding hydrogens is 351 g/mol. The number of carbonyl (C=O) groups is 1. The maximum absolute atomic E-state index is 13.5. The van der Waals surface area contributed by atoms with Crippen LogP contribution in [0.3, 0.4) is 0 Å². The van der Waals surface area contributed by atoms with Crippen molar-refractivity contribution in [3.8, 4) is 5.75 Å². The molecule has 1 aliphatic heterocycles. The molecular formula is C20H19FN2O2S. The van der Waals surface area contributed by atoms with E-state index in [0.717, 1.165) is 29.9 Å². The molecule has 6 heteroatoms. The first-order valence-electron chi connectivity index (χ1n) is 8.71. The number of halogens is 1. The molecule has 0 radical (unpaired) electrons. The Bertz CT molecular complexity index is 923. The van der Waals surface area contributed by atoms with Crippen LogP contribution in [-0.4, -0.2) is 34.0 Å². The summed E-state index contributed by atoms with van der Waals surface area (Å²) in [6.07, 6.45) is 2.11. The van der Waals surface area contributed by atoms with Crippen molar-refractivity contribution in [2.75, 3.05) is 13.1 Å². The van der Waals surface area contributed by atoms with E-state index < -0.39 is 11.6 Å². The number of rotatable bonds is 3. The lowest BCUT2D eigenvalue weighted by molar-refractivity contribution is -0.131. The van der Waals surface area contributed by atoms with Gasteiger partial charge in [-0.2, -0.15) is 0 Å². The number of benzene rings is 2. The average molecular weight is 370 g/mol. The number of likely N-dealkylation sites (tertiary alicyclic amines) is 1. The molecule has 1 aromatic heterocycles. The van der Waals surface area contributed by atoms with Gasteiger partial charge in [0, 0.05) is 19.0 Å². The van der Waals surface area contributed by atoms with Crippen LogP contribution in [0.5, 0.6) is 5.75 Å². The molecule has 26 heavy (non-hydrogen) atoms. The Morgan fingerprint density at radius 1 is 1.31 bits per heavy atom. The zero-order chi connectivity index (χ0) is 18.1. The number of carbonyl (C=O) groups excluding carboxylic acids is 1. The molecule has 1 amide bonds. The molecule has 1 N–H and O–H groups in total. The van der Waals surface area contributed by atoms with Crippen molar-refractivity contribution in [2.45, 2.75) is 25.2 Å². The van der Waals surface area contributed by atoms with Crippen molar-refractivity contribution in [1.29, 1.82) is 0 Å². The van der Waals surface area contributed by atoms with Gasteiger partial charge >= 0.3 is 0 Å². The molecule has 1 saturated heterocycles. The summed E-state index contributed by atoms with van der Waals surface area (Å²) in [5.41, 5.74) is 1.59. The Morgan fingerprint density at radius 2 is 2.15 bits per heavy atom. The van der Waals surface area contributed by atoms with Gasteiger partial charge in [0.1, 0.15) is 0 Å². The zero-order valence-corrected chi connectivity index (χ0v) is 15.0. The molecule has 2 heterocycles. The topological polar surface area (TPSA) is 53.4 Å². The van der Waals surface area contributed by atoms with E-state index in [4.69, 9.17) is 4.98 Å². The van der Waals surface area contributed by atoms with E-state index in [0.29, 0.717) is 12.1 Å². The SMILES string of the molecule is O=C(Cc1ccc(O)c(F)c1)N1CCCC(c2nc3ccccc3s2)C1. The summed E-state index contributed by atoms with van der Waals surface area (Å²) in [5, 5.41) is 10.4. The summed E-state index contributed by atoms with van der Waals surface area (Å²) >= 11 is 1.70. The van der Waals surface area contributed by atoms with Crippen LogP contribution < -0.4 is 0 Å². The van der Waals surface area contributed by atoms with Gasteiger partial charge in [-0.1, -0.05) is 18.2 Å². The number of para-hydroxylation sites is 1. The van der Waals surface area contributed by atoms with Gasteiger partial charge in [-0.3, -0.25) is 4.79 Å². The van der Waals surface area contributed by atoms with E-state index in [-0.39, 0.29) is 18.2 Å². The van der Waals surface area contributed by atoms with Crippen LogP contribution >= 0.6 is 11.3 Å². The number of hydrogen-bond acceptors (Lipinski definition) is 4. The van der Waals surface area contributed by atoms with Crippen LogP contribution in [0.15, 0.2) is 42.5 Å².